The highest BCUT2D eigenvalue weighted by Gasteiger charge is 2.13. The maximum absolute atomic E-state index is 8.56. The van der Waals surface area contributed by atoms with Gasteiger partial charge in [-0.05, 0) is 67.1 Å². The fourth-order valence-corrected chi connectivity index (χ4v) is 3.22. The first kappa shape index (κ1) is 14.6. The van der Waals surface area contributed by atoms with Crippen LogP contribution in [0.15, 0.2) is 16.6 Å². The van der Waals surface area contributed by atoms with Crippen molar-refractivity contribution in [2.45, 2.75) is 39.5 Å². The van der Waals surface area contributed by atoms with Crippen LogP contribution in [0.25, 0.3) is 0 Å². The summed E-state index contributed by atoms with van der Waals surface area (Å²) in [6.07, 6.45) is 2.18. The summed E-state index contributed by atoms with van der Waals surface area (Å²) in [6, 6.07) is 4.48. The van der Waals surface area contributed by atoms with Crippen LogP contribution in [0.4, 0.5) is 0 Å². The van der Waals surface area contributed by atoms with E-state index in [1.807, 2.05) is 0 Å². The molecule has 0 saturated carbocycles. The van der Waals surface area contributed by atoms with Crippen LogP contribution in [-0.4, -0.2) is 5.75 Å². The van der Waals surface area contributed by atoms with Crippen LogP contribution in [-0.2, 0) is 0 Å². The van der Waals surface area contributed by atoms with Gasteiger partial charge in [-0.25, -0.2) is 0 Å². The molecule has 0 fully saturated rings. The van der Waals surface area contributed by atoms with Gasteiger partial charge in [-0.2, -0.15) is 5.26 Å². The van der Waals surface area contributed by atoms with Crippen LogP contribution in [0, 0.1) is 24.5 Å². The fourth-order valence-electron chi connectivity index (χ4n) is 1.94. The van der Waals surface area contributed by atoms with Crippen molar-refractivity contribution in [1.29, 1.82) is 5.26 Å². The number of hydrogen-bond acceptors (Lipinski definition) is 2. The van der Waals surface area contributed by atoms with Gasteiger partial charge in [-0.15, -0.1) is 0 Å². The maximum Gasteiger partial charge on any atom is 0.133 e. The minimum Gasteiger partial charge on any atom is -0.185 e. The summed E-state index contributed by atoms with van der Waals surface area (Å²) in [7, 11) is 0. The van der Waals surface area contributed by atoms with Crippen molar-refractivity contribution in [2.75, 3.05) is 5.75 Å². The minimum atomic E-state index is 0.546. The van der Waals surface area contributed by atoms with E-state index >= 15 is 0 Å². The van der Waals surface area contributed by atoms with Gasteiger partial charge in [0.1, 0.15) is 5.40 Å². The Morgan fingerprint density at radius 3 is 2.59 bits per heavy atom. The zero-order valence-electron chi connectivity index (χ0n) is 10.6. The van der Waals surface area contributed by atoms with E-state index in [-0.39, 0.29) is 0 Å². The van der Waals surface area contributed by atoms with E-state index in [9.17, 15) is 0 Å². The summed E-state index contributed by atoms with van der Waals surface area (Å²) < 4.78 is 1.20. The van der Waals surface area contributed by atoms with Gasteiger partial charge in [0.15, 0.2) is 0 Å². The van der Waals surface area contributed by atoms with Crippen molar-refractivity contribution in [2.24, 2.45) is 0 Å². The van der Waals surface area contributed by atoms with E-state index in [2.05, 4.69) is 54.2 Å². The lowest BCUT2D eigenvalue weighted by Crippen LogP contribution is -2.01. The molecule has 0 amide bonds. The normalized spacial score (nSPS) is 12.2. The average molecular weight is 312 g/mol. The molecule has 0 saturated heterocycles. The minimum absolute atomic E-state index is 0.546. The highest BCUT2D eigenvalue weighted by atomic mass is 79.9. The molecule has 0 N–H and O–H groups in total. The van der Waals surface area contributed by atoms with Gasteiger partial charge in [0.05, 0.1) is 0 Å². The summed E-state index contributed by atoms with van der Waals surface area (Å²) in [5.74, 6) is 1.46. The number of aryl methyl sites for hydroxylation is 2. The Bertz CT molecular complexity index is 423. The second-order valence-electron chi connectivity index (χ2n) is 4.29. The van der Waals surface area contributed by atoms with E-state index in [0.717, 1.165) is 18.6 Å². The Hall–Kier alpha value is -0.460. The van der Waals surface area contributed by atoms with E-state index < -0.39 is 0 Å². The van der Waals surface area contributed by atoms with Gasteiger partial charge in [-0.1, -0.05) is 28.9 Å². The second-order valence-corrected chi connectivity index (χ2v) is 6.03. The lowest BCUT2D eigenvalue weighted by molar-refractivity contribution is 0.644. The third kappa shape index (κ3) is 4.04. The zero-order valence-corrected chi connectivity index (χ0v) is 13.0. The first-order valence-electron chi connectivity index (χ1n) is 5.87. The quantitative estimate of drug-likeness (QED) is 0.553. The molecule has 0 spiro atoms. The smallest absolute Gasteiger partial charge is 0.133 e. The summed E-state index contributed by atoms with van der Waals surface area (Å²) in [4.78, 5) is 0. The monoisotopic (exact) mass is 311 g/mol. The van der Waals surface area contributed by atoms with Crippen molar-refractivity contribution < 1.29 is 0 Å². The molecular weight excluding hydrogens is 294 g/mol. The molecule has 92 valence electrons. The van der Waals surface area contributed by atoms with E-state index in [4.69, 9.17) is 5.26 Å². The standard InChI is InChI=1S/C14H18BrNS/c1-4-12(5-6-17-9-16)13-7-10(2)11(3)8-14(13)15/h7-8,12H,4-6H2,1-3H3. The maximum atomic E-state index is 8.56. The van der Waals surface area contributed by atoms with Crippen molar-refractivity contribution in [3.8, 4) is 5.40 Å². The predicted octanol–water partition coefficient (Wildman–Crippen LogP) is 5.16. The van der Waals surface area contributed by atoms with Gasteiger partial charge in [0.2, 0.25) is 0 Å². The number of benzene rings is 1. The average Bonchev–Trinajstić information content (AvgIpc) is 2.30. The SMILES string of the molecule is CCC(CCSC#N)c1cc(C)c(C)cc1Br. The first-order valence-corrected chi connectivity index (χ1v) is 7.65. The number of nitriles is 1. The zero-order chi connectivity index (χ0) is 12.8. The predicted molar refractivity (Wildman–Crippen MR) is 79.3 cm³/mol. The molecule has 0 radical (unpaired) electrons. The highest BCUT2D eigenvalue weighted by Crippen LogP contribution is 2.32. The number of halogens is 1. The molecule has 0 aliphatic rings. The van der Waals surface area contributed by atoms with Gasteiger partial charge in [0, 0.05) is 10.2 Å². The Labute approximate surface area is 117 Å². The fraction of sp³-hybridized carbons (Fsp3) is 0.500. The summed E-state index contributed by atoms with van der Waals surface area (Å²) in [5.41, 5.74) is 4.05. The summed E-state index contributed by atoms with van der Waals surface area (Å²) >= 11 is 5.01. The van der Waals surface area contributed by atoms with Crippen molar-refractivity contribution in [1.82, 2.24) is 0 Å². The Morgan fingerprint density at radius 2 is 2.00 bits per heavy atom. The van der Waals surface area contributed by atoms with Crippen LogP contribution in [0.5, 0.6) is 0 Å². The molecule has 0 aliphatic carbocycles. The first-order chi connectivity index (χ1) is 8.10. The van der Waals surface area contributed by atoms with Gasteiger partial charge in [0.25, 0.3) is 0 Å². The number of nitrogens with zero attached hydrogens (tertiary/aromatic N) is 1. The van der Waals surface area contributed by atoms with E-state index in [1.165, 1.54) is 32.9 Å². The molecule has 17 heavy (non-hydrogen) atoms. The van der Waals surface area contributed by atoms with Gasteiger partial charge in [-0.3, -0.25) is 0 Å². The van der Waals surface area contributed by atoms with E-state index in [0.29, 0.717) is 5.92 Å². The molecule has 0 aliphatic heterocycles. The van der Waals surface area contributed by atoms with Crippen LogP contribution in [0.2, 0.25) is 0 Å². The topological polar surface area (TPSA) is 23.8 Å². The Morgan fingerprint density at radius 1 is 1.35 bits per heavy atom. The molecule has 1 aromatic rings. The Balaban J connectivity index is 2.88. The number of thioether (sulfide) groups is 1. The van der Waals surface area contributed by atoms with Crippen molar-refractivity contribution >= 4 is 27.7 Å². The molecule has 1 rings (SSSR count). The van der Waals surface area contributed by atoms with E-state index in [1.54, 1.807) is 0 Å². The Kier molecular flexibility index (Phi) is 6.08. The lowest BCUT2D eigenvalue weighted by Gasteiger charge is -2.18. The highest BCUT2D eigenvalue weighted by molar-refractivity contribution is 9.10. The molecule has 3 heteroatoms. The summed E-state index contributed by atoms with van der Waals surface area (Å²) in [6.45, 7) is 6.50. The largest absolute Gasteiger partial charge is 0.185 e. The van der Waals surface area contributed by atoms with Crippen molar-refractivity contribution in [3.05, 3.63) is 33.3 Å². The van der Waals surface area contributed by atoms with Crippen LogP contribution < -0.4 is 0 Å². The molecule has 1 unspecified atom stereocenters. The number of hydrogen-bond donors (Lipinski definition) is 0. The summed E-state index contributed by atoms with van der Waals surface area (Å²) in [5, 5.41) is 10.7. The molecule has 0 bridgehead atoms. The third-order valence-corrected chi connectivity index (χ3v) is 4.43. The molecule has 1 nitrogen and oxygen atoms in total. The molecule has 0 heterocycles. The van der Waals surface area contributed by atoms with Crippen LogP contribution >= 0.6 is 27.7 Å². The van der Waals surface area contributed by atoms with Crippen molar-refractivity contribution in [3.63, 3.8) is 0 Å². The molecule has 1 atom stereocenters. The number of rotatable bonds is 5. The van der Waals surface area contributed by atoms with Crippen LogP contribution in [0.1, 0.15) is 42.4 Å². The van der Waals surface area contributed by atoms with Gasteiger partial charge < -0.3 is 0 Å². The molecule has 0 aromatic heterocycles. The van der Waals surface area contributed by atoms with Crippen LogP contribution in [0.3, 0.4) is 0 Å². The third-order valence-electron chi connectivity index (χ3n) is 3.18. The number of thiocyanates is 1. The van der Waals surface area contributed by atoms with Gasteiger partial charge >= 0.3 is 0 Å². The second kappa shape index (κ2) is 7.08. The molecular formula is C14H18BrNS. The lowest BCUT2D eigenvalue weighted by atomic mass is 9.91. The molecule has 1 aromatic carbocycles.